The van der Waals surface area contributed by atoms with Gasteiger partial charge in [0.15, 0.2) is 0 Å². The van der Waals surface area contributed by atoms with Crippen LogP contribution in [-0.4, -0.2) is 22.5 Å². The van der Waals surface area contributed by atoms with E-state index in [-0.39, 0.29) is 0 Å². The predicted octanol–water partition coefficient (Wildman–Crippen LogP) is 5.92. The fraction of sp³-hybridized carbons (Fsp3) is 0.700. The van der Waals surface area contributed by atoms with E-state index in [0.29, 0.717) is 6.10 Å². The van der Waals surface area contributed by atoms with Gasteiger partial charge in [0.1, 0.15) is 0 Å². The first-order chi connectivity index (χ1) is 12.4. The summed E-state index contributed by atoms with van der Waals surface area (Å²) in [5, 5.41) is 0. The third-order valence-electron chi connectivity index (χ3n) is 5.08. The molecule has 0 radical (unpaired) electrons. The van der Waals surface area contributed by atoms with Crippen LogP contribution in [-0.2, 0) is 29.4 Å². The minimum Gasteiger partial charge on any atom is -0.378 e. The largest absolute Gasteiger partial charge is 0.378 e. The van der Waals surface area contributed by atoms with E-state index < -0.39 is 5.69 Å². The van der Waals surface area contributed by atoms with E-state index in [2.05, 4.69) is 19.9 Å². The average molecular weight is 417 g/mol. The molecule has 1 aliphatic heterocycles. The molecular formula is C20H33O3PS2. The zero-order valence-corrected chi connectivity index (χ0v) is 18.6. The van der Waals surface area contributed by atoms with Gasteiger partial charge < -0.3 is 14.5 Å². The highest BCUT2D eigenvalue weighted by Gasteiger charge is 2.22. The van der Waals surface area contributed by atoms with Crippen LogP contribution in [0.2, 0.25) is 0 Å². The Labute approximate surface area is 167 Å². The molecule has 0 spiro atoms. The number of unbranched alkanes of at least 4 members (excludes halogenated alkanes) is 5. The van der Waals surface area contributed by atoms with Crippen LogP contribution in [0.15, 0.2) is 17.0 Å². The highest BCUT2D eigenvalue weighted by atomic mass is 32.9. The van der Waals surface area contributed by atoms with Gasteiger partial charge in [-0.1, -0.05) is 45.1 Å². The summed E-state index contributed by atoms with van der Waals surface area (Å²) in [5.74, 6) is 0. The van der Waals surface area contributed by atoms with Gasteiger partial charge in [-0.15, -0.1) is 0 Å². The minimum absolute atomic E-state index is 0.295. The molecule has 0 saturated carbocycles. The lowest BCUT2D eigenvalue weighted by Crippen LogP contribution is -2.12. The summed E-state index contributed by atoms with van der Waals surface area (Å²) in [6.45, 7) is 5.25. The highest BCUT2D eigenvalue weighted by Crippen LogP contribution is 2.56. The van der Waals surface area contributed by atoms with E-state index >= 15 is 0 Å². The fourth-order valence-corrected chi connectivity index (χ4v) is 6.40. The van der Waals surface area contributed by atoms with Gasteiger partial charge in [0.05, 0.1) is 6.10 Å². The molecule has 1 aromatic rings. The molecule has 1 atom stereocenters. The molecule has 1 saturated heterocycles. The van der Waals surface area contributed by atoms with E-state index in [1.54, 1.807) is 0 Å². The lowest BCUT2D eigenvalue weighted by Gasteiger charge is -2.20. The van der Waals surface area contributed by atoms with E-state index in [1.807, 2.05) is 6.07 Å². The Hall–Kier alpha value is 0.100. The zero-order chi connectivity index (χ0) is 19.0. The molecule has 1 aliphatic rings. The van der Waals surface area contributed by atoms with Crippen molar-refractivity contribution >= 4 is 28.9 Å². The minimum atomic E-state index is -3.32. The second kappa shape index (κ2) is 11.2. The molecule has 0 amide bonds. The van der Waals surface area contributed by atoms with Gasteiger partial charge in [-0.2, -0.15) is 0 Å². The molecule has 2 N–H and O–H groups in total. The molecule has 26 heavy (non-hydrogen) atoms. The molecule has 1 aromatic carbocycles. The van der Waals surface area contributed by atoms with Crippen molar-refractivity contribution in [2.45, 2.75) is 89.1 Å². The van der Waals surface area contributed by atoms with Crippen LogP contribution in [0.4, 0.5) is 0 Å². The van der Waals surface area contributed by atoms with Gasteiger partial charge in [0.25, 0.3) is 0 Å². The first kappa shape index (κ1) is 22.4. The van der Waals surface area contributed by atoms with Crippen LogP contribution in [0.1, 0.15) is 75.0 Å². The normalized spacial score (nSPS) is 17.8. The van der Waals surface area contributed by atoms with Gasteiger partial charge in [0, 0.05) is 11.5 Å². The number of rotatable bonds is 11. The van der Waals surface area contributed by atoms with E-state index in [9.17, 15) is 9.79 Å². The smallest absolute Gasteiger partial charge is 0.246 e. The van der Waals surface area contributed by atoms with Crippen LogP contribution in [0.25, 0.3) is 0 Å². The number of ether oxygens (including phenoxy) is 1. The molecule has 0 aliphatic carbocycles. The van der Waals surface area contributed by atoms with Gasteiger partial charge in [-0.05, 0) is 85.0 Å². The summed E-state index contributed by atoms with van der Waals surface area (Å²) in [6, 6.07) is 4.10. The number of benzene rings is 1. The molecule has 1 heterocycles. The van der Waals surface area contributed by atoms with Crippen molar-refractivity contribution in [1.29, 1.82) is 0 Å². The van der Waals surface area contributed by atoms with E-state index in [4.69, 9.17) is 16.5 Å². The van der Waals surface area contributed by atoms with Crippen molar-refractivity contribution in [1.82, 2.24) is 0 Å². The quantitative estimate of drug-likeness (QED) is 0.346. The van der Waals surface area contributed by atoms with Crippen LogP contribution in [0.3, 0.4) is 0 Å². The Morgan fingerprint density at radius 2 is 1.88 bits per heavy atom. The topological polar surface area (TPSA) is 49.7 Å². The predicted molar refractivity (Wildman–Crippen MR) is 116 cm³/mol. The fourth-order valence-electron chi connectivity index (χ4n) is 3.68. The lowest BCUT2D eigenvalue weighted by molar-refractivity contribution is 0.111. The molecule has 0 aromatic heterocycles. The van der Waals surface area contributed by atoms with Gasteiger partial charge in [0.2, 0.25) is 5.69 Å². The Balaban J connectivity index is 2.14. The van der Waals surface area contributed by atoms with Crippen molar-refractivity contribution < 1.29 is 14.5 Å². The second-order valence-electron chi connectivity index (χ2n) is 7.28. The standard InChI is InChI=1S/C20H33O3PS2/c1-3-4-5-6-7-8-11-18-19(15-17-10-9-14-23-17)16(2)12-13-20(18)26-24(21,22)25/h12-13,17H,3-11,14-15H2,1-2H3,(H2,21,22,25). The lowest BCUT2D eigenvalue weighted by atomic mass is 9.92. The third kappa shape index (κ3) is 7.61. The van der Waals surface area contributed by atoms with Crippen LogP contribution in [0, 0.1) is 6.92 Å². The second-order valence-corrected chi connectivity index (χ2v) is 13.2. The van der Waals surface area contributed by atoms with Crippen molar-refractivity contribution in [3.63, 3.8) is 0 Å². The maximum absolute atomic E-state index is 9.83. The summed E-state index contributed by atoms with van der Waals surface area (Å²) in [7, 11) is 0. The highest BCUT2D eigenvalue weighted by molar-refractivity contribution is 8.67. The molecule has 3 nitrogen and oxygen atoms in total. The SMILES string of the molecule is CCCCCCCCc1c(SP(O)(O)=S)ccc(C)c1CC1CCCO1. The van der Waals surface area contributed by atoms with Crippen molar-refractivity contribution in [2.24, 2.45) is 0 Å². The summed E-state index contributed by atoms with van der Waals surface area (Å²) in [4.78, 5) is 20.6. The average Bonchev–Trinajstić information content (AvgIpc) is 3.07. The van der Waals surface area contributed by atoms with E-state index in [0.717, 1.165) is 55.0 Å². The monoisotopic (exact) mass is 416 g/mol. The Bertz CT molecular complexity index is 609. The molecule has 0 bridgehead atoms. The van der Waals surface area contributed by atoms with Crippen LogP contribution < -0.4 is 0 Å². The summed E-state index contributed by atoms with van der Waals surface area (Å²) >= 11 is 5.97. The number of aryl methyl sites for hydroxylation is 1. The first-order valence-corrected chi connectivity index (χ1v) is 14.0. The Kier molecular flexibility index (Phi) is 9.63. The van der Waals surface area contributed by atoms with E-state index in [1.165, 1.54) is 48.8 Å². The van der Waals surface area contributed by atoms with Crippen molar-refractivity contribution in [3.8, 4) is 0 Å². The van der Waals surface area contributed by atoms with Crippen LogP contribution in [0.5, 0.6) is 0 Å². The summed E-state index contributed by atoms with van der Waals surface area (Å²) in [6.07, 6.45) is 12.0. The maximum Gasteiger partial charge on any atom is 0.246 e. The molecule has 1 unspecified atom stereocenters. The van der Waals surface area contributed by atoms with Gasteiger partial charge >= 0.3 is 0 Å². The number of hydrogen-bond acceptors (Lipinski definition) is 3. The van der Waals surface area contributed by atoms with Crippen molar-refractivity contribution in [2.75, 3.05) is 6.61 Å². The third-order valence-corrected chi connectivity index (χ3v) is 7.87. The molecule has 1 fully saturated rings. The Morgan fingerprint density at radius 1 is 1.15 bits per heavy atom. The molecular weight excluding hydrogens is 383 g/mol. The summed E-state index contributed by atoms with van der Waals surface area (Å²) in [5.41, 5.74) is 0.547. The van der Waals surface area contributed by atoms with Gasteiger partial charge in [-0.25, -0.2) is 0 Å². The van der Waals surface area contributed by atoms with Gasteiger partial charge in [-0.3, -0.25) is 0 Å². The zero-order valence-electron chi connectivity index (χ0n) is 16.1. The maximum atomic E-state index is 9.83. The number of hydrogen-bond donors (Lipinski definition) is 2. The molecule has 148 valence electrons. The summed E-state index contributed by atoms with van der Waals surface area (Å²) < 4.78 is 5.86. The Morgan fingerprint density at radius 3 is 2.54 bits per heavy atom. The van der Waals surface area contributed by atoms with Crippen LogP contribution >= 0.6 is 17.1 Å². The first-order valence-electron chi connectivity index (χ1n) is 9.89. The van der Waals surface area contributed by atoms with Crippen molar-refractivity contribution in [3.05, 3.63) is 28.8 Å². The molecule has 6 heteroatoms. The molecule has 2 rings (SSSR count).